The van der Waals surface area contributed by atoms with E-state index in [1.807, 2.05) is 29.6 Å². The summed E-state index contributed by atoms with van der Waals surface area (Å²) in [6.45, 7) is 0. The van der Waals surface area contributed by atoms with Crippen LogP contribution in [0.4, 0.5) is 11.4 Å². The Morgan fingerprint density at radius 3 is 2.76 bits per heavy atom. The number of para-hydroxylation sites is 2. The zero-order chi connectivity index (χ0) is 12.1. The first-order valence-corrected chi connectivity index (χ1v) is 6.01. The van der Waals surface area contributed by atoms with Gasteiger partial charge < -0.3 is 11.1 Å². The average molecular weight is 244 g/mol. The summed E-state index contributed by atoms with van der Waals surface area (Å²) >= 11 is 1.43. The standard InChI is InChI=1S/C13H12N2OS/c14-10-4-1-2-5-11(10)15-8-7-12(16)13-6-3-9-17-13/h1-9,15H,14H2/b8-7-. The maximum atomic E-state index is 11.6. The molecule has 0 aliphatic carbocycles. The van der Waals surface area contributed by atoms with Gasteiger partial charge in [-0.1, -0.05) is 18.2 Å². The van der Waals surface area contributed by atoms with Crippen molar-refractivity contribution in [1.82, 2.24) is 0 Å². The molecule has 3 N–H and O–H groups in total. The molecule has 1 aromatic carbocycles. The zero-order valence-electron chi connectivity index (χ0n) is 9.09. The summed E-state index contributed by atoms with van der Waals surface area (Å²) in [5.41, 5.74) is 7.20. The fourth-order valence-electron chi connectivity index (χ4n) is 1.34. The van der Waals surface area contributed by atoms with Gasteiger partial charge >= 0.3 is 0 Å². The first-order chi connectivity index (χ1) is 8.27. The second kappa shape index (κ2) is 5.32. The summed E-state index contributed by atoms with van der Waals surface area (Å²) in [6, 6.07) is 11.1. The molecule has 2 aromatic rings. The van der Waals surface area contributed by atoms with E-state index in [0.717, 1.165) is 10.6 Å². The monoisotopic (exact) mass is 244 g/mol. The summed E-state index contributed by atoms with van der Waals surface area (Å²) < 4.78 is 0. The Morgan fingerprint density at radius 2 is 2.06 bits per heavy atom. The molecule has 0 amide bonds. The van der Waals surface area contributed by atoms with Crippen LogP contribution >= 0.6 is 11.3 Å². The molecule has 1 heterocycles. The molecule has 0 aliphatic rings. The van der Waals surface area contributed by atoms with Crippen LogP contribution in [0.1, 0.15) is 9.67 Å². The molecular weight excluding hydrogens is 232 g/mol. The number of benzene rings is 1. The number of nitrogens with two attached hydrogens (primary N) is 1. The summed E-state index contributed by atoms with van der Waals surface area (Å²) in [5.74, 6) is -0.0120. The minimum atomic E-state index is -0.0120. The minimum absolute atomic E-state index is 0.0120. The van der Waals surface area contributed by atoms with Crippen LogP contribution in [0.3, 0.4) is 0 Å². The predicted molar refractivity (Wildman–Crippen MR) is 72.3 cm³/mol. The van der Waals surface area contributed by atoms with E-state index in [1.165, 1.54) is 17.4 Å². The topological polar surface area (TPSA) is 55.1 Å². The maximum absolute atomic E-state index is 11.6. The summed E-state index contributed by atoms with van der Waals surface area (Å²) in [7, 11) is 0. The Kier molecular flexibility index (Phi) is 3.57. The van der Waals surface area contributed by atoms with Crippen molar-refractivity contribution in [2.24, 2.45) is 0 Å². The Balaban J connectivity index is 1.99. The molecule has 0 spiro atoms. The van der Waals surface area contributed by atoms with Gasteiger partial charge in [0.15, 0.2) is 5.78 Å². The third-order valence-corrected chi connectivity index (χ3v) is 3.08. The number of thiophene rings is 1. The second-order valence-corrected chi connectivity index (χ2v) is 4.35. The van der Waals surface area contributed by atoms with Crippen LogP contribution in [0.5, 0.6) is 0 Å². The molecule has 3 nitrogen and oxygen atoms in total. The molecule has 0 unspecified atom stereocenters. The van der Waals surface area contributed by atoms with Gasteiger partial charge in [0.05, 0.1) is 16.3 Å². The van der Waals surface area contributed by atoms with E-state index < -0.39 is 0 Å². The lowest BCUT2D eigenvalue weighted by Gasteiger charge is -2.03. The predicted octanol–water partition coefficient (Wildman–Crippen LogP) is 3.14. The fourth-order valence-corrected chi connectivity index (χ4v) is 1.98. The van der Waals surface area contributed by atoms with Crippen LogP contribution in [0.2, 0.25) is 0 Å². The minimum Gasteiger partial charge on any atom is -0.397 e. The molecular formula is C13H12N2OS. The molecule has 0 radical (unpaired) electrons. The number of allylic oxidation sites excluding steroid dienone is 1. The molecule has 0 saturated heterocycles. The molecule has 4 heteroatoms. The van der Waals surface area contributed by atoms with E-state index >= 15 is 0 Å². The van der Waals surface area contributed by atoms with Gasteiger partial charge in [-0.25, -0.2) is 0 Å². The average Bonchev–Trinajstić information content (AvgIpc) is 2.85. The van der Waals surface area contributed by atoms with Crippen LogP contribution in [0.15, 0.2) is 54.1 Å². The number of ketones is 1. The van der Waals surface area contributed by atoms with Crippen molar-refractivity contribution in [3.63, 3.8) is 0 Å². The number of hydrogen-bond acceptors (Lipinski definition) is 4. The Hall–Kier alpha value is -2.07. The summed E-state index contributed by atoms with van der Waals surface area (Å²) in [5, 5.41) is 4.86. The number of nitrogens with one attached hydrogen (secondary N) is 1. The van der Waals surface area contributed by atoms with Crippen LogP contribution in [-0.2, 0) is 0 Å². The molecule has 2 rings (SSSR count). The van der Waals surface area contributed by atoms with Gasteiger partial charge in [0.2, 0.25) is 0 Å². The number of carbonyl (C=O) groups is 1. The SMILES string of the molecule is Nc1ccccc1N/C=C\C(=O)c1cccs1. The number of anilines is 2. The molecule has 86 valence electrons. The Morgan fingerprint density at radius 1 is 1.24 bits per heavy atom. The van der Waals surface area contributed by atoms with Crippen LogP contribution in [-0.4, -0.2) is 5.78 Å². The van der Waals surface area contributed by atoms with E-state index in [1.54, 1.807) is 18.3 Å². The lowest BCUT2D eigenvalue weighted by molar-refractivity contribution is 0.105. The van der Waals surface area contributed by atoms with Crippen LogP contribution in [0, 0.1) is 0 Å². The van der Waals surface area contributed by atoms with Gasteiger partial charge in [-0.2, -0.15) is 0 Å². The van der Waals surface area contributed by atoms with Gasteiger partial charge in [0.1, 0.15) is 0 Å². The fraction of sp³-hybridized carbons (Fsp3) is 0. The van der Waals surface area contributed by atoms with Crippen LogP contribution < -0.4 is 11.1 Å². The second-order valence-electron chi connectivity index (χ2n) is 3.41. The first-order valence-electron chi connectivity index (χ1n) is 5.13. The highest BCUT2D eigenvalue weighted by Crippen LogP contribution is 2.16. The van der Waals surface area contributed by atoms with Crippen molar-refractivity contribution in [3.8, 4) is 0 Å². The molecule has 0 saturated carbocycles. The zero-order valence-corrected chi connectivity index (χ0v) is 9.91. The van der Waals surface area contributed by atoms with E-state index in [9.17, 15) is 4.79 Å². The third-order valence-electron chi connectivity index (χ3n) is 2.20. The van der Waals surface area contributed by atoms with Gasteiger partial charge in [-0.05, 0) is 23.6 Å². The Bertz CT molecular complexity index is 532. The molecule has 0 fully saturated rings. The van der Waals surface area contributed by atoms with E-state index in [0.29, 0.717) is 5.69 Å². The van der Waals surface area contributed by atoms with Gasteiger partial charge in [-0.15, -0.1) is 11.3 Å². The molecule has 0 aliphatic heterocycles. The quantitative estimate of drug-likeness (QED) is 0.493. The largest absolute Gasteiger partial charge is 0.397 e. The van der Waals surface area contributed by atoms with Crippen molar-refractivity contribution in [2.45, 2.75) is 0 Å². The number of hydrogen-bond donors (Lipinski definition) is 2. The summed E-state index contributed by atoms with van der Waals surface area (Å²) in [6.07, 6.45) is 3.10. The number of rotatable bonds is 4. The van der Waals surface area contributed by atoms with Crippen molar-refractivity contribution in [2.75, 3.05) is 11.1 Å². The van der Waals surface area contributed by atoms with Gasteiger partial charge in [-0.3, -0.25) is 4.79 Å². The number of nitrogen functional groups attached to an aromatic ring is 1. The van der Waals surface area contributed by atoms with E-state index in [4.69, 9.17) is 5.73 Å². The van der Waals surface area contributed by atoms with Crippen LogP contribution in [0.25, 0.3) is 0 Å². The van der Waals surface area contributed by atoms with Crippen molar-refractivity contribution in [3.05, 3.63) is 58.9 Å². The van der Waals surface area contributed by atoms with Crippen molar-refractivity contribution >= 4 is 28.5 Å². The highest BCUT2D eigenvalue weighted by molar-refractivity contribution is 7.12. The van der Waals surface area contributed by atoms with E-state index in [2.05, 4.69) is 5.32 Å². The molecule has 0 bridgehead atoms. The smallest absolute Gasteiger partial charge is 0.197 e. The lowest BCUT2D eigenvalue weighted by atomic mass is 10.2. The van der Waals surface area contributed by atoms with Gasteiger partial charge in [0.25, 0.3) is 0 Å². The van der Waals surface area contributed by atoms with Crippen molar-refractivity contribution in [1.29, 1.82) is 0 Å². The normalized spacial score (nSPS) is 10.6. The van der Waals surface area contributed by atoms with Gasteiger partial charge in [0, 0.05) is 12.3 Å². The lowest BCUT2D eigenvalue weighted by Crippen LogP contribution is -1.96. The number of carbonyl (C=O) groups excluding carboxylic acids is 1. The maximum Gasteiger partial charge on any atom is 0.197 e. The summed E-state index contributed by atoms with van der Waals surface area (Å²) in [4.78, 5) is 12.4. The third kappa shape index (κ3) is 2.95. The highest BCUT2D eigenvalue weighted by atomic mass is 32.1. The first kappa shape index (κ1) is 11.4. The molecule has 0 atom stereocenters. The molecule has 17 heavy (non-hydrogen) atoms. The Labute approximate surface area is 104 Å². The molecule has 1 aromatic heterocycles. The van der Waals surface area contributed by atoms with Crippen molar-refractivity contribution < 1.29 is 4.79 Å². The highest BCUT2D eigenvalue weighted by Gasteiger charge is 2.01. The van der Waals surface area contributed by atoms with E-state index in [-0.39, 0.29) is 5.78 Å².